The van der Waals surface area contributed by atoms with Crippen molar-refractivity contribution >= 4 is 29.0 Å². The van der Waals surface area contributed by atoms with Crippen molar-refractivity contribution in [3.63, 3.8) is 0 Å². The van der Waals surface area contributed by atoms with E-state index in [-0.39, 0.29) is 5.91 Å². The topological polar surface area (TPSA) is 63.2 Å². The second-order valence-corrected chi connectivity index (χ2v) is 6.30. The summed E-state index contributed by atoms with van der Waals surface area (Å²) >= 11 is 6.12. The van der Waals surface area contributed by atoms with Crippen LogP contribution in [0.1, 0.15) is 15.9 Å². The van der Waals surface area contributed by atoms with Crippen LogP contribution in [0.15, 0.2) is 66.9 Å². The molecule has 1 heterocycles. The molecule has 6 heteroatoms. The van der Waals surface area contributed by atoms with Gasteiger partial charge in [0, 0.05) is 12.7 Å². The molecule has 0 fully saturated rings. The molecular formula is C21H20ClN3O2. The van der Waals surface area contributed by atoms with Crippen LogP contribution in [-0.2, 0) is 6.42 Å². The van der Waals surface area contributed by atoms with E-state index in [2.05, 4.69) is 15.6 Å². The number of anilines is 2. The lowest BCUT2D eigenvalue weighted by atomic mass is 10.1. The maximum atomic E-state index is 12.2. The largest absolute Gasteiger partial charge is 0.497 e. The summed E-state index contributed by atoms with van der Waals surface area (Å²) in [5.74, 6) is 1.29. The van der Waals surface area contributed by atoms with E-state index in [4.69, 9.17) is 16.3 Å². The molecule has 0 spiro atoms. The monoisotopic (exact) mass is 381 g/mol. The molecule has 0 radical (unpaired) electrons. The lowest BCUT2D eigenvalue weighted by Crippen LogP contribution is -2.25. The predicted molar refractivity (Wildman–Crippen MR) is 108 cm³/mol. The lowest BCUT2D eigenvalue weighted by Gasteiger charge is -2.09. The fourth-order valence-electron chi connectivity index (χ4n) is 2.52. The molecule has 0 aliphatic carbocycles. The maximum absolute atomic E-state index is 12.2. The van der Waals surface area contributed by atoms with Gasteiger partial charge in [-0.2, -0.15) is 0 Å². The number of benzene rings is 2. The smallest absolute Gasteiger partial charge is 0.252 e. The normalized spacial score (nSPS) is 10.3. The second kappa shape index (κ2) is 9.05. The minimum Gasteiger partial charge on any atom is -0.497 e. The summed E-state index contributed by atoms with van der Waals surface area (Å²) in [5, 5.41) is 6.64. The third-order valence-corrected chi connectivity index (χ3v) is 4.35. The molecule has 0 aliphatic rings. The Kier molecular flexibility index (Phi) is 6.28. The molecule has 5 nitrogen and oxygen atoms in total. The van der Waals surface area contributed by atoms with Crippen molar-refractivity contribution in [2.75, 3.05) is 19.0 Å². The highest BCUT2D eigenvalue weighted by molar-refractivity contribution is 6.33. The summed E-state index contributed by atoms with van der Waals surface area (Å²) in [7, 11) is 1.64. The highest BCUT2D eigenvalue weighted by Crippen LogP contribution is 2.23. The summed E-state index contributed by atoms with van der Waals surface area (Å²) in [6.07, 6.45) is 2.29. The van der Waals surface area contributed by atoms with Gasteiger partial charge >= 0.3 is 0 Å². The first kappa shape index (κ1) is 18.7. The van der Waals surface area contributed by atoms with Crippen LogP contribution in [-0.4, -0.2) is 24.5 Å². The summed E-state index contributed by atoms with van der Waals surface area (Å²) in [6.45, 7) is 0.546. The van der Waals surface area contributed by atoms with Crippen molar-refractivity contribution in [2.24, 2.45) is 0 Å². The minimum atomic E-state index is -0.152. The van der Waals surface area contributed by atoms with Gasteiger partial charge < -0.3 is 15.4 Å². The molecule has 138 valence electrons. The van der Waals surface area contributed by atoms with Gasteiger partial charge in [-0.25, -0.2) is 4.98 Å². The number of nitrogens with one attached hydrogen (secondary N) is 2. The molecule has 2 N–H and O–H groups in total. The van der Waals surface area contributed by atoms with E-state index in [0.29, 0.717) is 22.9 Å². The molecule has 3 aromatic rings. The summed E-state index contributed by atoms with van der Waals surface area (Å²) < 4.78 is 5.13. The van der Waals surface area contributed by atoms with Gasteiger partial charge in [0.1, 0.15) is 11.6 Å². The highest BCUT2D eigenvalue weighted by atomic mass is 35.5. The van der Waals surface area contributed by atoms with E-state index < -0.39 is 0 Å². The van der Waals surface area contributed by atoms with E-state index in [1.807, 2.05) is 42.5 Å². The Morgan fingerprint density at radius 3 is 2.52 bits per heavy atom. The molecule has 3 rings (SSSR count). The Hall–Kier alpha value is -3.05. The molecule has 27 heavy (non-hydrogen) atoms. The van der Waals surface area contributed by atoms with E-state index in [9.17, 15) is 4.79 Å². The number of aromatic nitrogens is 1. The van der Waals surface area contributed by atoms with Gasteiger partial charge in [0.05, 0.1) is 23.4 Å². The Morgan fingerprint density at radius 2 is 1.85 bits per heavy atom. The van der Waals surface area contributed by atoms with Gasteiger partial charge in [0.2, 0.25) is 0 Å². The number of hydrogen-bond acceptors (Lipinski definition) is 4. The zero-order valence-corrected chi connectivity index (χ0v) is 15.7. The number of nitrogens with zero attached hydrogens (tertiary/aromatic N) is 1. The number of halogens is 1. The van der Waals surface area contributed by atoms with E-state index in [0.717, 1.165) is 23.4 Å². The van der Waals surface area contributed by atoms with Crippen molar-refractivity contribution < 1.29 is 9.53 Å². The predicted octanol–water partition coefficient (Wildman–Crippen LogP) is 4.46. The van der Waals surface area contributed by atoms with Gasteiger partial charge in [-0.3, -0.25) is 4.79 Å². The zero-order chi connectivity index (χ0) is 19.1. The average molecular weight is 382 g/mol. The van der Waals surface area contributed by atoms with Crippen LogP contribution in [0, 0.1) is 0 Å². The van der Waals surface area contributed by atoms with Crippen LogP contribution in [0.5, 0.6) is 5.75 Å². The van der Waals surface area contributed by atoms with E-state index >= 15 is 0 Å². The number of ether oxygens (including phenoxy) is 1. The van der Waals surface area contributed by atoms with Crippen LogP contribution in [0.3, 0.4) is 0 Å². The van der Waals surface area contributed by atoms with Crippen LogP contribution in [0.4, 0.5) is 11.5 Å². The number of carbonyl (C=O) groups is 1. The van der Waals surface area contributed by atoms with Crippen LogP contribution >= 0.6 is 11.6 Å². The van der Waals surface area contributed by atoms with Gasteiger partial charge in [-0.05, 0) is 48.4 Å². The first-order valence-corrected chi connectivity index (χ1v) is 8.92. The summed E-state index contributed by atoms with van der Waals surface area (Å²) in [5.41, 5.74) is 2.41. The zero-order valence-electron chi connectivity index (χ0n) is 14.9. The molecule has 0 saturated heterocycles. The Bertz CT molecular complexity index is 896. The maximum Gasteiger partial charge on any atom is 0.252 e. The number of para-hydroxylation sites is 1. The Balaban J connectivity index is 1.52. The molecule has 0 saturated carbocycles. The molecule has 1 amide bonds. The number of methoxy groups -OCH3 is 1. The van der Waals surface area contributed by atoms with Crippen LogP contribution in [0.25, 0.3) is 0 Å². The average Bonchev–Trinajstić information content (AvgIpc) is 2.71. The molecule has 0 atom stereocenters. The number of pyridine rings is 1. The van der Waals surface area contributed by atoms with Crippen LogP contribution < -0.4 is 15.4 Å². The fourth-order valence-corrected chi connectivity index (χ4v) is 2.70. The van der Waals surface area contributed by atoms with Crippen molar-refractivity contribution in [1.82, 2.24) is 10.3 Å². The van der Waals surface area contributed by atoms with Crippen molar-refractivity contribution in [1.29, 1.82) is 0 Å². The number of hydrogen-bond donors (Lipinski definition) is 2. The Labute approximate surface area is 163 Å². The third-order valence-electron chi connectivity index (χ3n) is 4.02. The van der Waals surface area contributed by atoms with Gasteiger partial charge in [0.15, 0.2) is 0 Å². The van der Waals surface area contributed by atoms with Crippen LogP contribution in [0.2, 0.25) is 5.02 Å². The SMILES string of the molecule is COc1ccc(CCNC(=O)c2ccc(Nc3ccccc3Cl)nc2)cc1. The first-order chi connectivity index (χ1) is 13.2. The standard InChI is InChI=1S/C21H20ClN3O2/c1-27-17-9-6-15(7-10-17)12-13-23-21(26)16-8-11-20(24-14-16)25-19-5-3-2-4-18(19)22/h2-11,14H,12-13H2,1H3,(H,23,26)(H,24,25). The van der Waals surface area contributed by atoms with E-state index in [1.54, 1.807) is 31.5 Å². The molecular weight excluding hydrogens is 362 g/mol. The van der Waals surface area contributed by atoms with Crippen molar-refractivity contribution in [3.05, 3.63) is 83.0 Å². The molecule has 1 aromatic heterocycles. The number of rotatable bonds is 7. The number of carbonyl (C=O) groups excluding carboxylic acids is 1. The van der Waals surface area contributed by atoms with Crippen molar-refractivity contribution in [2.45, 2.75) is 6.42 Å². The van der Waals surface area contributed by atoms with Gasteiger partial charge in [-0.1, -0.05) is 35.9 Å². The first-order valence-electron chi connectivity index (χ1n) is 8.54. The summed E-state index contributed by atoms with van der Waals surface area (Å²) in [4.78, 5) is 16.5. The fraction of sp³-hybridized carbons (Fsp3) is 0.143. The minimum absolute atomic E-state index is 0.152. The highest BCUT2D eigenvalue weighted by Gasteiger charge is 2.07. The van der Waals surface area contributed by atoms with Crippen molar-refractivity contribution in [3.8, 4) is 5.75 Å². The third kappa shape index (κ3) is 5.21. The molecule has 0 bridgehead atoms. The molecule has 0 unspecified atom stereocenters. The van der Waals surface area contributed by atoms with E-state index in [1.165, 1.54) is 0 Å². The quantitative estimate of drug-likeness (QED) is 0.634. The van der Waals surface area contributed by atoms with Gasteiger partial charge in [0.25, 0.3) is 5.91 Å². The molecule has 2 aromatic carbocycles. The number of amides is 1. The Morgan fingerprint density at radius 1 is 1.07 bits per heavy atom. The van der Waals surface area contributed by atoms with Gasteiger partial charge in [-0.15, -0.1) is 0 Å². The summed E-state index contributed by atoms with van der Waals surface area (Å²) in [6, 6.07) is 18.7. The molecule has 0 aliphatic heterocycles. The lowest BCUT2D eigenvalue weighted by molar-refractivity contribution is 0.0954. The second-order valence-electron chi connectivity index (χ2n) is 5.89.